The first kappa shape index (κ1) is 12.9. The van der Waals surface area contributed by atoms with Crippen LogP contribution in [0.15, 0.2) is 28.7 Å². The van der Waals surface area contributed by atoms with Gasteiger partial charge in [0.1, 0.15) is 0 Å². The summed E-state index contributed by atoms with van der Waals surface area (Å²) >= 11 is 9.12. The van der Waals surface area contributed by atoms with E-state index in [1.807, 2.05) is 29.2 Å². The summed E-state index contributed by atoms with van der Waals surface area (Å²) < 4.78 is 0.944. The van der Waals surface area contributed by atoms with Crippen LogP contribution in [0.3, 0.4) is 0 Å². The van der Waals surface area contributed by atoms with Gasteiger partial charge in [0.05, 0.1) is 0 Å². The van der Waals surface area contributed by atoms with Gasteiger partial charge in [-0.2, -0.15) is 0 Å². The standard InChI is InChI=1S/C13H15BrClNO/c14-12-3-1-2-11(8-12)13(17)16-7-5-10(9-16)4-6-15/h1-3,8,10H,4-7,9H2. The molecule has 0 aromatic heterocycles. The number of nitrogens with zero attached hydrogens (tertiary/aromatic N) is 1. The lowest BCUT2D eigenvalue weighted by molar-refractivity contribution is 0.0787. The van der Waals surface area contributed by atoms with Crippen molar-refractivity contribution in [3.05, 3.63) is 34.3 Å². The Morgan fingerprint density at radius 2 is 2.35 bits per heavy atom. The summed E-state index contributed by atoms with van der Waals surface area (Å²) in [5.74, 6) is 1.39. The molecule has 0 radical (unpaired) electrons. The smallest absolute Gasteiger partial charge is 0.253 e. The van der Waals surface area contributed by atoms with Crippen LogP contribution < -0.4 is 0 Å². The van der Waals surface area contributed by atoms with Crippen molar-refractivity contribution in [2.45, 2.75) is 12.8 Å². The van der Waals surface area contributed by atoms with E-state index in [0.717, 1.165) is 36.0 Å². The SMILES string of the molecule is O=C(c1cccc(Br)c1)N1CCC(CCCl)C1. The zero-order valence-electron chi connectivity index (χ0n) is 9.53. The zero-order valence-corrected chi connectivity index (χ0v) is 11.9. The molecular weight excluding hydrogens is 302 g/mol. The summed E-state index contributed by atoms with van der Waals surface area (Å²) in [6, 6.07) is 7.56. The molecule has 0 saturated carbocycles. The molecule has 1 aliphatic heterocycles. The molecule has 17 heavy (non-hydrogen) atoms. The maximum atomic E-state index is 12.2. The fraction of sp³-hybridized carbons (Fsp3) is 0.462. The largest absolute Gasteiger partial charge is 0.338 e. The van der Waals surface area contributed by atoms with Crippen LogP contribution in [0.5, 0.6) is 0 Å². The third kappa shape index (κ3) is 3.23. The van der Waals surface area contributed by atoms with Gasteiger partial charge < -0.3 is 4.90 Å². The second-order valence-electron chi connectivity index (χ2n) is 4.39. The van der Waals surface area contributed by atoms with Gasteiger partial charge in [0.2, 0.25) is 0 Å². The van der Waals surface area contributed by atoms with E-state index in [1.165, 1.54) is 0 Å². The lowest BCUT2D eigenvalue weighted by Crippen LogP contribution is -2.28. The quantitative estimate of drug-likeness (QED) is 0.781. The molecule has 1 fully saturated rings. The maximum Gasteiger partial charge on any atom is 0.253 e. The molecule has 1 aromatic carbocycles. The van der Waals surface area contributed by atoms with Crippen LogP contribution in [-0.4, -0.2) is 29.8 Å². The number of halogens is 2. The number of hydrogen-bond donors (Lipinski definition) is 0. The minimum atomic E-state index is 0.128. The number of amides is 1. The Bertz CT molecular complexity index is 410. The van der Waals surface area contributed by atoms with Crippen molar-refractivity contribution in [1.29, 1.82) is 0 Å². The van der Waals surface area contributed by atoms with Gasteiger partial charge in [0.15, 0.2) is 0 Å². The van der Waals surface area contributed by atoms with Crippen LogP contribution in [-0.2, 0) is 0 Å². The second-order valence-corrected chi connectivity index (χ2v) is 5.69. The molecule has 0 spiro atoms. The highest BCUT2D eigenvalue weighted by atomic mass is 79.9. The van der Waals surface area contributed by atoms with Crippen molar-refractivity contribution in [1.82, 2.24) is 4.90 Å². The molecule has 1 saturated heterocycles. The molecule has 0 aliphatic carbocycles. The Hall–Kier alpha value is -0.540. The van der Waals surface area contributed by atoms with Gasteiger partial charge >= 0.3 is 0 Å². The van der Waals surface area contributed by atoms with Crippen LogP contribution in [0.1, 0.15) is 23.2 Å². The van der Waals surface area contributed by atoms with E-state index in [0.29, 0.717) is 11.8 Å². The summed E-state index contributed by atoms with van der Waals surface area (Å²) in [7, 11) is 0. The second kappa shape index (κ2) is 5.87. The Kier molecular flexibility index (Phi) is 4.46. The topological polar surface area (TPSA) is 20.3 Å². The van der Waals surface area contributed by atoms with E-state index in [4.69, 9.17) is 11.6 Å². The summed E-state index contributed by atoms with van der Waals surface area (Å²) in [4.78, 5) is 14.2. The molecule has 1 aliphatic rings. The summed E-state index contributed by atoms with van der Waals surface area (Å²) in [6.07, 6.45) is 2.08. The fourth-order valence-electron chi connectivity index (χ4n) is 2.21. The molecule has 2 nitrogen and oxygen atoms in total. The van der Waals surface area contributed by atoms with Gasteiger partial charge in [-0.1, -0.05) is 22.0 Å². The maximum absolute atomic E-state index is 12.2. The van der Waals surface area contributed by atoms with Gasteiger partial charge in [-0.15, -0.1) is 11.6 Å². The third-order valence-corrected chi connectivity index (χ3v) is 3.87. The summed E-state index contributed by atoms with van der Waals surface area (Å²) in [6.45, 7) is 1.70. The van der Waals surface area contributed by atoms with E-state index >= 15 is 0 Å². The van der Waals surface area contributed by atoms with E-state index in [1.54, 1.807) is 0 Å². The average Bonchev–Trinajstić information content (AvgIpc) is 2.77. The van der Waals surface area contributed by atoms with Crippen LogP contribution >= 0.6 is 27.5 Å². The highest BCUT2D eigenvalue weighted by Gasteiger charge is 2.26. The van der Waals surface area contributed by atoms with Crippen molar-refractivity contribution in [3.63, 3.8) is 0 Å². The van der Waals surface area contributed by atoms with Gasteiger partial charge in [0.25, 0.3) is 5.91 Å². The molecule has 1 amide bonds. The minimum absolute atomic E-state index is 0.128. The van der Waals surface area contributed by atoms with Gasteiger partial charge in [-0.05, 0) is 37.0 Å². The summed E-state index contributed by atoms with van der Waals surface area (Å²) in [5.41, 5.74) is 0.755. The molecule has 4 heteroatoms. The first-order chi connectivity index (χ1) is 8.20. The molecule has 0 N–H and O–H groups in total. The molecule has 2 rings (SSSR count). The highest BCUT2D eigenvalue weighted by Crippen LogP contribution is 2.22. The van der Waals surface area contributed by atoms with Crippen molar-refractivity contribution in [2.24, 2.45) is 5.92 Å². The minimum Gasteiger partial charge on any atom is -0.338 e. The van der Waals surface area contributed by atoms with Crippen molar-refractivity contribution >= 4 is 33.4 Å². The van der Waals surface area contributed by atoms with E-state index < -0.39 is 0 Å². The number of carbonyl (C=O) groups is 1. The normalized spacial score (nSPS) is 19.6. The number of carbonyl (C=O) groups excluding carboxylic acids is 1. The van der Waals surface area contributed by atoms with Gasteiger partial charge in [-0.3, -0.25) is 4.79 Å². The van der Waals surface area contributed by atoms with Crippen LogP contribution in [0.25, 0.3) is 0 Å². The van der Waals surface area contributed by atoms with E-state index in [2.05, 4.69) is 15.9 Å². The number of likely N-dealkylation sites (tertiary alicyclic amines) is 1. The number of alkyl halides is 1. The van der Waals surface area contributed by atoms with Crippen molar-refractivity contribution in [3.8, 4) is 0 Å². The first-order valence-corrected chi connectivity index (χ1v) is 7.14. The monoisotopic (exact) mass is 315 g/mol. The highest BCUT2D eigenvalue weighted by molar-refractivity contribution is 9.10. The molecule has 92 valence electrons. The van der Waals surface area contributed by atoms with E-state index in [9.17, 15) is 4.79 Å². The van der Waals surface area contributed by atoms with Crippen LogP contribution in [0.4, 0.5) is 0 Å². The van der Waals surface area contributed by atoms with Crippen molar-refractivity contribution < 1.29 is 4.79 Å². The number of rotatable bonds is 3. The Morgan fingerprint density at radius 1 is 1.53 bits per heavy atom. The molecule has 1 aromatic rings. The summed E-state index contributed by atoms with van der Waals surface area (Å²) in [5, 5.41) is 0. The molecule has 1 unspecified atom stereocenters. The van der Waals surface area contributed by atoms with Gasteiger partial charge in [0, 0.05) is 29.0 Å². The number of hydrogen-bond acceptors (Lipinski definition) is 1. The van der Waals surface area contributed by atoms with Crippen LogP contribution in [0.2, 0.25) is 0 Å². The van der Waals surface area contributed by atoms with E-state index in [-0.39, 0.29) is 5.91 Å². The molecule has 1 heterocycles. The predicted molar refractivity (Wildman–Crippen MR) is 73.5 cm³/mol. The predicted octanol–water partition coefficient (Wildman–Crippen LogP) is 3.54. The Labute approximate surface area is 115 Å². The third-order valence-electron chi connectivity index (χ3n) is 3.16. The fourth-order valence-corrected chi connectivity index (χ4v) is 2.92. The average molecular weight is 317 g/mol. The van der Waals surface area contributed by atoms with Crippen LogP contribution in [0, 0.1) is 5.92 Å². The molecule has 0 bridgehead atoms. The Morgan fingerprint density at radius 3 is 3.06 bits per heavy atom. The van der Waals surface area contributed by atoms with Crippen molar-refractivity contribution in [2.75, 3.05) is 19.0 Å². The first-order valence-electron chi connectivity index (χ1n) is 5.81. The molecule has 1 atom stereocenters. The van der Waals surface area contributed by atoms with Gasteiger partial charge in [-0.25, -0.2) is 0 Å². The number of benzene rings is 1. The molecular formula is C13H15BrClNO. The Balaban J connectivity index is 2.02. The lowest BCUT2D eigenvalue weighted by Gasteiger charge is -2.16. The lowest BCUT2D eigenvalue weighted by atomic mass is 10.1. The zero-order chi connectivity index (χ0) is 12.3.